The van der Waals surface area contributed by atoms with Gasteiger partial charge < -0.3 is 0 Å². The predicted octanol–water partition coefficient (Wildman–Crippen LogP) is 2.62. The Kier molecular flexibility index (Phi) is 3.85. The Bertz CT molecular complexity index is 319. The summed E-state index contributed by atoms with van der Waals surface area (Å²) < 4.78 is 0. The van der Waals surface area contributed by atoms with Crippen LogP contribution in [-0.2, 0) is 0 Å². The van der Waals surface area contributed by atoms with Crippen molar-refractivity contribution in [2.45, 2.75) is 12.8 Å². The molecule has 0 N–H and O–H groups in total. The number of hydrogen-bond acceptors (Lipinski definition) is 2. The molecular weight excluding hydrogens is 178 g/mol. The highest BCUT2D eigenvalue weighted by Crippen LogP contribution is 2.16. The molecule has 14 heavy (non-hydrogen) atoms. The van der Waals surface area contributed by atoms with E-state index < -0.39 is 0 Å². The highest BCUT2D eigenvalue weighted by Gasteiger charge is 2.13. The zero-order valence-corrected chi connectivity index (χ0v) is 8.09. The van der Waals surface area contributed by atoms with Gasteiger partial charge in [-0.25, -0.2) is 0 Å². The van der Waals surface area contributed by atoms with Crippen LogP contribution >= 0.6 is 0 Å². The van der Waals surface area contributed by atoms with Crippen LogP contribution in [0.1, 0.15) is 18.4 Å². The fraction of sp³-hybridized carbons (Fsp3) is 0.273. The van der Waals surface area contributed by atoms with Crippen molar-refractivity contribution in [3.63, 3.8) is 0 Å². The third-order valence-electron chi connectivity index (χ3n) is 2.00. The minimum Gasteiger partial charge on any atom is -0.265 e. The molecule has 0 unspecified atom stereocenters. The maximum atomic E-state index is 10.4. The van der Waals surface area contributed by atoms with Crippen LogP contribution in [0.4, 0.5) is 0 Å². The number of benzene rings is 1. The summed E-state index contributed by atoms with van der Waals surface area (Å²) in [5, 5.41) is 10.4. The maximum absolute atomic E-state index is 10.4. The largest absolute Gasteiger partial charge is 0.265 e. The number of nitrogens with zero attached hydrogens (tertiary/aromatic N) is 1. The molecule has 1 aromatic rings. The van der Waals surface area contributed by atoms with Gasteiger partial charge in [0.1, 0.15) is 0 Å². The minimum atomic E-state index is -0.280. The lowest BCUT2D eigenvalue weighted by Gasteiger charge is -2.07. The number of hydrogen-bond donors (Lipinski definition) is 0. The van der Waals surface area contributed by atoms with Crippen LogP contribution < -0.4 is 0 Å². The van der Waals surface area contributed by atoms with Crippen molar-refractivity contribution < 1.29 is 4.92 Å². The van der Waals surface area contributed by atoms with Crippen LogP contribution in [0.25, 0.3) is 0 Å². The summed E-state index contributed by atoms with van der Waals surface area (Å²) in [5.41, 5.74) is 0.988. The van der Waals surface area contributed by atoms with E-state index in [1.807, 2.05) is 49.4 Å². The van der Waals surface area contributed by atoms with Crippen molar-refractivity contribution in [1.29, 1.82) is 0 Å². The Labute approximate surface area is 83.2 Å². The van der Waals surface area contributed by atoms with Crippen LogP contribution in [0, 0.1) is 10.1 Å². The lowest BCUT2D eigenvalue weighted by Crippen LogP contribution is -2.10. The molecule has 0 aliphatic heterocycles. The first-order chi connectivity index (χ1) is 6.74. The lowest BCUT2D eigenvalue weighted by molar-refractivity contribution is -0.481. The Morgan fingerprint density at radius 2 is 2.07 bits per heavy atom. The highest BCUT2D eigenvalue weighted by atomic mass is 16.6. The molecule has 0 fully saturated rings. The molecular formula is C11H13NO2. The van der Waals surface area contributed by atoms with Crippen molar-refractivity contribution in [3.05, 3.63) is 58.2 Å². The van der Waals surface area contributed by atoms with E-state index in [9.17, 15) is 10.1 Å². The molecule has 0 bridgehead atoms. The standard InChI is InChI=1S/C11H13NO2/c1-2-6-11(9-12(13)14)10-7-4-3-5-8-10/h2-8,11H,9H2,1H3/b6-2+/t11-/m0/s1. The van der Waals surface area contributed by atoms with Gasteiger partial charge in [-0.05, 0) is 12.5 Å². The monoisotopic (exact) mass is 191 g/mol. The zero-order valence-electron chi connectivity index (χ0n) is 8.09. The van der Waals surface area contributed by atoms with E-state index >= 15 is 0 Å². The van der Waals surface area contributed by atoms with Crippen LogP contribution in [0.2, 0.25) is 0 Å². The van der Waals surface area contributed by atoms with E-state index in [-0.39, 0.29) is 17.4 Å². The molecule has 1 rings (SSSR count). The van der Waals surface area contributed by atoms with Gasteiger partial charge in [-0.1, -0.05) is 42.5 Å². The predicted molar refractivity (Wildman–Crippen MR) is 55.9 cm³/mol. The summed E-state index contributed by atoms with van der Waals surface area (Å²) in [6.07, 6.45) is 3.71. The fourth-order valence-corrected chi connectivity index (χ4v) is 1.37. The molecule has 0 saturated carbocycles. The van der Waals surface area contributed by atoms with Gasteiger partial charge in [0, 0.05) is 4.92 Å². The molecule has 3 heteroatoms. The molecule has 3 nitrogen and oxygen atoms in total. The second-order valence-electron chi connectivity index (χ2n) is 3.06. The van der Waals surface area contributed by atoms with Crippen LogP contribution in [0.5, 0.6) is 0 Å². The van der Waals surface area contributed by atoms with Crippen LogP contribution in [0.3, 0.4) is 0 Å². The van der Waals surface area contributed by atoms with E-state index in [0.717, 1.165) is 5.56 Å². The third kappa shape index (κ3) is 3.01. The molecule has 0 aliphatic rings. The van der Waals surface area contributed by atoms with Gasteiger partial charge in [-0.15, -0.1) is 0 Å². The lowest BCUT2D eigenvalue weighted by atomic mass is 9.99. The molecule has 0 saturated heterocycles. The number of rotatable bonds is 4. The zero-order chi connectivity index (χ0) is 10.4. The normalized spacial score (nSPS) is 12.9. The summed E-state index contributed by atoms with van der Waals surface area (Å²) >= 11 is 0. The van der Waals surface area contributed by atoms with Gasteiger partial charge in [0.2, 0.25) is 6.54 Å². The van der Waals surface area contributed by atoms with Gasteiger partial charge in [0.15, 0.2) is 0 Å². The molecule has 0 spiro atoms. The molecule has 0 radical (unpaired) electrons. The summed E-state index contributed by atoms with van der Waals surface area (Å²) in [5.74, 6) is -0.115. The van der Waals surface area contributed by atoms with E-state index in [2.05, 4.69) is 0 Å². The van der Waals surface area contributed by atoms with Crippen molar-refractivity contribution in [2.75, 3.05) is 6.54 Å². The molecule has 0 aliphatic carbocycles. The Morgan fingerprint density at radius 1 is 1.43 bits per heavy atom. The molecule has 74 valence electrons. The van der Waals surface area contributed by atoms with Crippen molar-refractivity contribution >= 4 is 0 Å². The van der Waals surface area contributed by atoms with E-state index in [1.54, 1.807) is 0 Å². The van der Waals surface area contributed by atoms with E-state index in [0.29, 0.717) is 0 Å². The topological polar surface area (TPSA) is 43.1 Å². The van der Waals surface area contributed by atoms with Crippen LogP contribution in [0.15, 0.2) is 42.5 Å². The average Bonchev–Trinajstić information content (AvgIpc) is 2.18. The number of allylic oxidation sites excluding steroid dienone is 1. The number of nitro groups is 1. The van der Waals surface area contributed by atoms with Gasteiger partial charge in [0.25, 0.3) is 0 Å². The molecule has 0 amide bonds. The van der Waals surface area contributed by atoms with Gasteiger partial charge >= 0.3 is 0 Å². The van der Waals surface area contributed by atoms with Gasteiger partial charge in [0.05, 0.1) is 5.92 Å². The molecule has 1 aromatic carbocycles. The quantitative estimate of drug-likeness (QED) is 0.417. The first-order valence-corrected chi connectivity index (χ1v) is 4.53. The van der Waals surface area contributed by atoms with E-state index in [1.165, 1.54) is 0 Å². The minimum absolute atomic E-state index is 0.0473. The van der Waals surface area contributed by atoms with Crippen molar-refractivity contribution in [2.24, 2.45) is 0 Å². The maximum Gasteiger partial charge on any atom is 0.214 e. The summed E-state index contributed by atoms with van der Waals surface area (Å²) in [6.45, 7) is 1.82. The SMILES string of the molecule is C/C=C/[C@@H](C[N+](=O)[O-])c1ccccc1. The summed E-state index contributed by atoms with van der Waals surface area (Å²) in [4.78, 5) is 10.1. The molecule has 0 aromatic heterocycles. The Hall–Kier alpha value is -1.64. The smallest absolute Gasteiger partial charge is 0.214 e. The van der Waals surface area contributed by atoms with Crippen molar-refractivity contribution in [3.8, 4) is 0 Å². The first-order valence-electron chi connectivity index (χ1n) is 4.53. The second-order valence-corrected chi connectivity index (χ2v) is 3.06. The summed E-state index contributed by atoms with van der Waals surface area (Å²) in [7, 11) is 0. The average molecular weight is 191 g/mol. The Balaban J connectivity index is 2.83. The van der Waals surface area contributed by atoms with Gasteiger partial charge in [-0.3, -0.25) is 10.1 Å². The third-order valence-corrected chi connectivity index (χ3v) is 2.00. The second kappa shape index (κ2) is 5.17. The summed E-state index contributed by atoms with van der Waals surface area (Å²) in [6, 6.07) is 9.52. The fourth-order valence-electron chi connectivity index (χ4n) is 1.37. The van der Waals surface area contributed by atoms with Crippen LogP contribution in [-0.4, -0.2) is 11.5 Å². The Morgan fingerprint density at radius 3 is 2.57 bits per heavy atom. The first kappa shape index (κ1) is 10.4. The highest BCUT2D eigenvalue weighted by molar-refractivity contribution is 5.23. The molecule has 1 atom stereocenters. The van der Waals surface area contributed by atoms with E-state index in [4.69, 9.17) is 0 Å². The molecule has 0 heterocycles. The van der Waals surface area contributed by atoms with Gasteiger partial charge in [-0.2, -0.15) is 0 Å². The van der Waals surface area contributed by atoms with Crippen molar-refractivity contribution in [1.82, 2.24) is 0 Å².